The number of unbranched alkanes of at least 4 members (excludes halogenated alkanes) is 48. The lowest BCUT2D eigenvalue weighted by atomic mass is 10.0. The van der Waals surface area contributed by atoms with E-state index in [9.17, 15) is 19.8 Å². The second-order valence-electron chi connectivity index (χ2n) is 23.1. The summed E-state index contributed by atoms with van der Waals surface area (Å²) in [5.41, 5.74) is 0. The Morgan fingerprint density at radius 3 is 0.960 bits per heavy atom. The summed E-state index contributed by atoms with van der Waals surface area (Å²) in [5.74, 6) is -0.0765. The van der Waals surface area contributed by atoms with Crippen molar-refractivity contribution < 1.29 is 24.5 Å². The highest BCUT2D eigenvalue weighted by Gasteiger charge is 2.18. The number of esters is 1. The highest BCUT2D eigenvalue weighted by Crippen LogP contribution is 2.18. The van der Waals surface area contributed by atoms with Gasteiger partial charge < -0.3 is 20.3 Å². The van der Waals surface area contributed by atoms with E-state index >= 15 is 0 Å². The van der Waals surface area contributed by atoms with Gasteiger partial charge in [-0.25, -0.2) is 0 Å². The highest BCUT2D eigenvalue weighted by molar-refractivity contribution is 5.76. The van der Waals surface area contributed by atoms with Crippen LogP contribution in [0.2, 0.25) is 0 Å². The number of ether oxygens (including phenoxy) is 1. The highest BCUT2D eigenvalue weighted by atomic mass is 16.5. The predicted octanol–water partition coefficient (Wildman–Crippen LogP) is 21.5. The summed E-state index contributed by atoms with van der Waals surface area (Å²) in [5, 5.41) is 23.3. The maximum absolute atomic E-state index is 12.5. The zero-order valence-electron chi connectivity index (χ0n) is 50.5. The number of rotatable bonds is 63. The van der Waals surface area contributed by atoms with Crippen molar-refractivity contribution in [3.05, 3.63) is 36.5 Å². The molecule has 2 unspecified atom stereocenters. The molecule has 2 atom stereocenters. The first-order valence-electron chi connectivity index (χ1n) is 33.8. The first-order valence-corrected chi connectivity index (χ1v) is 33.8. The van der Waals surface area contributed by atoms with Crippen LogP contribution in [0.1, 0.15) is 367 Å². The Hall–Kier alpha value is -1.92. The normalized spacial score (nSPS) is 12.7. The second-order valence-corrected chi connectivity index (χ2v) is 23.1. The lowest BCUT2D eigenvalue weighted by molar-refractivity contribution is -0.143. The fourth-order valence-electron chi connectivity index (χ4n) is 10.4. The summed E-state index contributed by atoms with van der Waals surface area (Å²) < 4.78 is 5.47. The van der Waals surface area contributed by atoms with Gasteiger partial charge in [-0.15, -0.1) is 0 Å². The van der Waals surface area contributed by atoms with Crippen molar-refractivity contribution in [2.75, 3.05) is 13.2 Å². The zero-order chi connectivity index (χ0) is 54.3. The van der Waals surface area contributed by atoms with E-state index in [0.717, 1.165) is 51.4 Å². The second kappa shape index (κ2) is 64.6. The van der Waals surface area contributed by atoms with Crippen molar-refractivity contribution in [3.8, 4) is 0 Å². The van der Waals surface area contributed by atoms with Gasteiger partial charge in [0.1, 0.15) is 0 Å². The van der Waals surface area contributed by atoms with Gasteiger partial charge in [-0.05, 0) is 83.5 Å². The summed E-state index contributed by atoms with van der Waals surface area (Å²) in [6.07, 6.45) is 82.0. The molecule has 3 N–H and O–H groups in total. The lowest BCUT2D eigenvalue weighted by Gasteiger charge is -2.20. The molecule has 1 amide bonds. The minimum atomic E-state index is -0.852. The number of carbonyl (C=O) groups excluding carboxylic acids is 2. The maximum atomic E-state index is 12.5. The Balaban J connectivity index is 3.46. The summed E-state index contributed by atoms with van der Waals surface area (Å²) >= 11 is 0. The molecule has 0 heterocycles. The van der Waals surface area contributed by atoms with Crippen LogP contribution in [0.4, 0.5) is 0 Å². The molecule has 0 fully saturated rings. The van der Waals surface area contributed by atoms with E-state index in [1.165, 1.54) is 289 Å². The minimum absolute atomic E-state index is 0.00329. The van der Waals surface area contributed by atoms with Crippen molar-refractivity contribution in [2.24, 2.45) is 0 Å². The van der Waals surface area contributed by atoms with E-state index in [1.54, 1.807) is 6.08 Å². The van der Waals surface area contributed by atoms with Gasteiger partial charge in [0.25, 0.3) is 0 Å². The monoisotopic (exact) mass is 1050 g/mol. The van der Waals surface area contributed by atoms with Crippen LogP contribution in [0.5, 0.6) is 0 Å². The summed E-state index contributed by atoms with van der Waals surface area (Å²) in [6, 6.07) is -0.636. The molecule has 6 heteroatoms. The molecule has 0 aromatic heterocycles. The summed E-state index contributed by atoms with van der Waals surface area (Å²) in [4.78, 5) is 24.6. The van der Waals surface area contributed by atoms with Crippen molar-refractivity contribution in [2.45, 2.75) is 379 Å². The predicted molar refractivity (Wildman–Crippen MR) is 329 cm³/mol. The number of hydrogen-bond acceptors (Lipinski definition) is 5. The standard InChI is InChI=1S/C69H131NO5/c1-3-5-7-9-11-13-15-17-18-19-20-21-22-23-24-25-28-31-34-38-41-45-49-53-57-61-67(72)66(65-71)70-68(73)62-58-54-50-46-42-39-35-32-29-26-27-30-33-36-40-44-48-52-56-60-64-75-69(74)63-59-55-51-47-43-37-16-14-12-10-8-6-4-2/h14,16,26,29,57,61,66-67,71-72H,3-13,15,17-25,27-28,30-56,58-60,62-65H2,1-2H3,(H,70,73)/b16-14-,29-26-,61-57+. The van der Waals surface area contributed by atoms with Crippen LogP contribution in [0.25, 0.3) is 0 Å². The third-order valence-electron chi connectivity index (χ3n) is 15.6. The van der Waals surface area contributed by atoms with Crippen molar-refractivity contribution in [3.63, 3.8) is 0 Å². The molecular formula is C69H131NO5. The average Bonchev–Trinajstić information content (AvgIpc) is 3.41. The Labute approximate surface area is 468 Å². The van der Waals surface area contributed by atoms with Crippen molar-refractivity contribution in [1.29, 1.82) is 0 Å². The summed E-state index contributed by atoms with van der Waals surface area (Å²) in [6.45, 7) is 4.90. The van der Waals surface area contributed by atoms with Crippen molar-refractivity contribution in [1.82, 2.24) is 5.32 Å². The molecule has 75 heavy (non-hydrogen) atoms. The molecule has 0 aliphatic heterocycles. The molecule has 0 rings (SSSR count). The van der Waals surface area contributed by atoms with Gasteiger partial charge in [0.15, 0.2) is 0 Å². The molecule has 0 aliphatic rings. The average molecular weight is 1050 g/mol. The Morgan fingerprint density at radius 2 is 0.627 bits per heavy atom. The van der Waals surface area contributed by atoms with Gasteiger partial charge in [0.2, 0.25) is 5.91 Å². The molecule has 0 spiro atoms. The van der Waals surface area contributed by atoms with E-state index in [4.69, 9.17) is 4.74 Å². The molecule has 442 valence electrons. The van der Waals surface area contributed by atoms with Crippen LogP contribution in [-0.2, 0) is 14.3 Å². The molecule has 0 aromatic rings. The van der Waals surface area contributed by atoms with Crippen LogP contribution < -0.4 is 5.32 Å². The minimum Gasteiger partial charge on any atom is -0.466 e. The Kier molecular flexibility index (Phi) is 63.0. The number of carbonyl (C=O) groups is 2. The van der Waals surface area contributed by atoms with Crippen LogP contribution in [0.15, 0.2) is 36.5 Å². The van der Waals surface area contributed by atoms with Gasteiger partial charge in [-0.1, -0.05) is 307 Å². The molecule has 0 aromatic carbocycles. The zero-order valence-corrected chi connectivity index (χ0v) is 50.5. The molecule has 0 radical (unpaired) electrons. The number of aliphatic hydroxyl groups is 2. The van der Waals surface area contributed by atoms with Crippen LogP contribution >= 0.6 is 0 Å². The van der Waals surface area contributed by atoms with E-state index in [2.05, 4.69) is 43.5 Å². The van der Waals surface area contributed by atoms with Crippen LogP contribution in [0, 0.1) is 0 Å². The van der Waals surface area contributed by atoms with Crippen LogP contribution in [-0.4, -0.2) is 47.4 Å². The maximum Gasteiger partial charge on any atom is 0.305 e. The lowest BCUT2D eigenvalue weighted by Crippen LogP contribution is -2.45. The number of allylic oxidation sites excluding steroid dienone is 5. The van der Waals surface area contributed by atoms with E-state index in [-0.39, 0.29) is 18.5 Å². The molecule has 0 aliphatic carbocycles. The van der Waals surface area contributed by atoms with E-state index in [0.29, 0.717) is 19.4 Å². The van der Waals surface area contributed by atoms with Gasteiger partial charge in [0.05, 0.1) is 25.4 Å². The SMILES string of the molecule is CCCCCC/C=C\CCCCCCCC(=O)OCCCCCCCCCCC/C=C\CCCCCCCCCC(=O)NC(CO)C(O)/C=C/CCCCCCCCCCCCCCCCCCCCCCCCC. The fraction of sp³-hybridized carbons (Fsp3) is 0.884. The largest absolute Gasteiger partial charge is 0.466 e. The molecule has 0 saturated heterocycles. The topological polar surface area (TPSA) is 95.9 Å². The Bertz CT molecular complexity index is 1210. The van der Waals surface area contributed by atoms with E-state index in [1.807, 2.05) is 6.08 Å². The smallest absolute Gasteiger partial charge is 0.305 e. The number of nitrogens with one attached hydrogen (secondary N) is 1. The van der Waals surface area contributed by atoms with Gasteiger partial charge in [-0.2, -0.15) is 0 Å². The number of amides is 1. The Morgan fingerprint density at radius 1 is 0.360 bits per heavy atom. The molecule has 6 nitrogen and oxygen atoms in total. The molecule has 0 saturated carbocycles. The van der Waals surface area contributed by atoms with Gasteiger partial charge >= 0.3 is 5.97 Å². The van der Waals surface area contributed by atoms with Gasteiger partial charge in [-0.3, -0.25) is 9.59 Å². The number of hydrogen-bond donors (Lipinski definition) is 3. The number of aliphatic hydroxyl groups excluding tert-OH is 2. The van der Waals surface area contributed by atoms with E-state index < -0.39 is 12.1 Å². The fourth-order valence-corrected chi connectivity index (χ4v) is 10.4. The quantitative estimate of drug-likeness (QED) is 0.0320. The third kappa shape index (κ3) is 61.2. The molecular weight excluding hydrogens is 923 g/mol. The van der Waals surface area contributed by atoms with Crippen LogP contribution in [0.3, 0.4) is 0 Å². The van der Waals surface area contributed by atoms with Gasteiger partial charge in [0, 0.05) is 12.8 Å². The van der Waals surface area contributed by atoms with Crippen molar-refractivity contribution >= 4 is 11.9 Å². The summed E-state index contributed by atoms with van der Waals surface area (Å²) in [7, 11) is 0. The molecule has 0 bridgehead atoms. The third-order valence-corrected chi connectivity index (χ3v) is 15.6. The first-order chi connectivity index (χ1) is 37.0. The first kappa shape index (κ1) is 73.1.